The van der Waals surface area contributed by atoms with Crippen LogP contribution in [0.1, 0.15) is 29.4 Å². The van der Waals surface area contributed by atoms with E-state index in [1.807, 2.05) is 0 Å². The van der Waals surface area contributed by atoms with E-state index in [4.69, 9.17) is 5.11 Å². The number of hydrogen-bond acceptors (Lipinski definition) is 3. The Kier molecular flexibility index (Phi) is 4.04. The molecule has 16 heavy (non-hydrogen) atoms. The average Bonchev–Trinajstić information content (AvgIpc) is 2.64. The Morgan fingerprint density at radius 1 is 1.62 bits per heavy atom. The summed E-state index contributed by atoms with van der Waals surface area (Å²) in [5.74, 6) is -1.54. The van der Waals surface area contributed by atoms with Gasteiger partial charge in [-0.05, 0) is 13.3 Å². The maximum absolute atomic E-state index is 11.6. The number of H-pyrrole nitrogens is 1. The van der Waals surface area contributed by atoms with Gasteiger partial charge in [-0.15, -0.1) is 0 Å². The zero-order valence-electron chi connectivity index (χ0n) is 9.28. The van der Waals surface area contributed by atoms with E-state index < -0.39 is 11.9 Å². The van der Waals surface area contributed by atoms with Gasteiger partial charge in [-0.3, -0.25) is 14.7 Å². The van der Waals surface area contributed by atoms with Crippen LogP contribution in [-0.4, -0.2) is 33.7 Å². The first-order valence-electron chi connectivity index (χ1n) is 5.03. The van der Waals surface area contributed by atoms with Crippen LogP contribution in [0.25, 0.3) is 0 Å². The highest BCUT2D eigenvalue weighted by Crippen LogP contribution is 2.03. The van der Waals surface area contributed by atoms with Crippen LogP contribution < -0.4 is 5.32 Å². The molecule has 88 valence electrons. The standard InChI is InChI=1S/C10H15N3O3/c1-6(10(15)16)3-4-11-9(14)8-5-12-13-7(8)2/h5-6H,3-4H2,1-2H3,(H,11,14)(H,12,13)(H,15,16). The first kappa shape index (κ1) is 12.2. The number of carbonyl (C=O) groups excluding carboxylic acids is 1. The second-order valence-electron chi connectivity index (χ2n) is 3.69. The van der Waals surface area contributed by atoms with E-state index in [0.717, 1.165) is 0 Å². The van der Waals surface area contributed by atoms with Crippen LogP contribution in [0.4, 0.5) is 0 Å². The molecule has 3 N–H and O–H groups in total. The summed E-state index contributed by atoms with van der Waals surface area (Å²) in [4.78, 5) is 22.1. The molecule has 0 radical (unpaired) electrons. The smallest absolute Gasteiger partial charge is 0.306 e. The lowest BCUT2D eigenvalue weighted by Gasteiger charge is -2.07. The van der Waals surface area contributed by atoms with E-state index in [1.165, 1.54) is 6.20 Å². The number of amides is 1. The van der Waals surface area contributed by atoms with Crippen LogP contribution in [0.5, 0.6) is 0 Å². The lowest BCUT2D eigenvalue weighted by atomic mass is 10.1. The van der Waals surface area contributed by atoms with Gasteiger partial charge < -0.3 is 10.4 Å². The fraction of sp³-hybridized carbons (Fsp3) is 0.500. The van der Waals surface area contributed by atoms with Crippen molar-refractivity contribution in [3.63, 3.8) is 0 Å². The second-order valence-corrected chi connectivity index (χ2v) is 3.69. The minimum absolute atomic E-state index is 0.233. The molecular formula is C10H15N3O3. The van der Waals surface area contributed by atoms with Crippen molar-refractivity contribution >= 4 is 11.9 Å². The van der Waals surface area contributed by atoms with Crippen LogP contribution in [0.2, 0.25) is 0 Å². The molecule has 0 fully saturated rings. The maximum Gasteiger partial charge on any atom is 0.306 e. The van der Waals surface area contributed by atoms with Crippen LogP contribution in [0.3, 0.4) is 0 Å². The van der Waals surface area contributed by atoms with Gasteiger partial charge >= 0.3 is 5.97 Å². The molecule has 1 atom stereocenters. The van der Waals surface area contributed by atoms with Gasteiger partial charge in [-0.25, -0.2) is 0 Å². The third kappa shape index (κ3) is 3.08. The summed E-state index contributed by atoms with van der Waals surface area (Å²) in [6.07, 6.45) is 1.86. The number of aryl methyl sites for hydroxylation is 1. The molecule has 6 heteroatoms. The molecule has 0 aliphatic heterocycles. The van der Waals surface area contributed by atoms with Crippen molar-refractivity contribution in [3.05, 3.63) is 17.5 Å². The number of aromatic nitrogens is 2. The molecule has 0 spiro atoms. The Hall–Kier alpha value is -1.85. The van der Waals surface area contributed by atoms with Crippen molar-refractivity contribution in [2.75, 3.05) is 6.54 Å². The topological polar surface area (TPSA) is 95.1 Å². The molecule has 6 nitrogen and oxygen atoms in total. The van der Waals surface area contributed by atoms with E-state index >= 15 is 0 Å². The van der Waals surface area contributed by atoms with Crippen molar-refractivity contribution in [2.24, 2.45) is 5.92 Å². The Balaban J connectivity index is 2.37. The summed E-state index contributed by atoms with van der Waals surface area (Å²) in [5.41, 5.74) is 1.19. The lowest BCUT2D eigenvalue weighted by Crippen LogP contribution is -2.27. The van der Waals surface area contributed by atoms with Gasteiger partial charge in [-0.2, -0.15) is 5.10 Å². The van der Waals surface area contributed by atoms with Gasteiger partial charge in [0.1, 0.15) is 0 Å². The highest BCUT2D eigenvalue weighted by atomic mass is 16.4. The molecule has 1 aromatic rings. The molecule has 0 saturated carbocycles. The molecule has 1 aromatic heterocycles. The lowest BCUT2D eigenvalue weighted by molar-refractivity contribution is -0.141. The van der Waals surface area contributed by atoms with Gasteiger partial charge in [0.2, 0.25) is 0 Å². The van der Waals surface area contributed by atoms with E-state index in [1.54, 1.807) is 13.8 Å². The highest BCUT2D eigenvalue weighted by molar-refractivity contribution is 5.94. The summed E-state index contributed by atoms with van der Waals surface area (Å²) in [6, 6.07) is 0. The number of hydrogen-bond donors (Lipinski definition) is 3. The zero-order valence-corrected chi connectivity index (χ0v) is 9.28. The molecule has 1 unspecified atom stereocenters. The predicted molar refractivity (Wildman–Crippen MR) is 57.1 cm³/mol. The molecule has 0 aromatic carbocycles. The van der Waals surface area contributed by atoms with Crippen molar-refractivity contribution in [1.82, 2.24) is 15.5 Å². The number of rotatable bonds is 5. The van der Waals surface area contributed by atoms with Crippen LogP contribution in [-0.2, 0) is 4.79 Å². The van der Waals surface area contributed by atoms with Crippen LogP contribution >= 0.6 is 0 Å². The highest BCUT2D eigenvalue weighted by Gasteiger charge is 2.13. The Morgan fingerprint density at radius 2 is 2.31 bits per heavy atom. The first-order chi connectivity index (χ1) is 7.52. The van der Waals surface area contributed by atoms with Crippen LogP contribution in [0.15, 0.2) is 6.20 Å². The fourth-order valence-electron chi connectivity index (χ4n) is 1.20. The summed E-state index contributed by atoms with van der Waals surface area (Å²) in [7, 11) is 0. The quantitative estimate of drug-likeness (QED) is 0.682. The number of nitrogens with zero attached hydrogens (tertiary/aromatic N) is 1. The van der Waals surface area contributed by atoms with Gasteiger partial charge in [0.05, 0.1) is 17.7 Å². The number of nitrogens with one attached hydrogen (secondary N) is 2. The van der Waals surface area contributed by atoms with Gasteiger partial charge in [-0.1, -0.05) is 6.92 Å². The summed E-state index contributed by atoms with van der Waals surface area (Å²) in [5, 5.41) is 17.7. The maximum atomic E-state index is 11.6. The number of aliphatic carboxylic acids is 1. The van der Waals surface area contributed by atoms with E-state index in [9.17, 15) is 9.59 Å². The summed E-state index contributed by atoms with van der Waals surface area (Å²) < 4.78 is 0. The number of carboxylic acids is 1. The second kappa shape index (κ2) is 5.29. The Labute approximate surface area is 93.1 Å². The molecule has 1 rings (SSSR count). The first-order valence-corrected chi connectivity index (χ1v) is 5.03. The normalized spacial score (nSPS) is 12.1. The van der Waals surface area contributed by atoms with Crippen molar-refractivity contribution in [3.8, 4) is 0 Å². The SMILES string of the molecule is Cc1[nH]ncc1C(=O)NCCC(C)C(=O)O. The summed E-state index contributed by atoms with van der Waals surface area (Å²) >= 11 is 0. The molecule has 0 aliphatic rings. The summed E-state index contributed by atoms with van der Waals surface area (Å²) in [6.45, 7) is 3.70. The monoisotopic (exact) mass is 225 g/mol. The number of aromatic amines is 1. The Morgan fingerprint density at radius 3 is 2.81 bits per heavy atom. The minimum Gasteiger partial charge on any atom is -0.481 e. The van der Waals surface area contributed by atoms with Crippen molar-refractivity contribution in [2.45, 2.75) is 20.3 Å². The van der Waals surface area contributed by atoms with Crippen molar-refractivity contribution in [1.29, 1.82) is 0 Å². The van der Waals surface area contributed by atoms with E-state index in [0.29, 0.717) is 24.2 Å². The van der Waals surface area contributed by atoms with E-state index in [2.05, 4.69) is 15.5 Å². The predicted octanol–water partition coefficient (Wildman–Crippen LogP) is 0.559. The minimum atomic E-state index is -0.853. The Bertz CT molecular complexity index is 386. The third-order valence-corrected chi connectivity index (χ3v) is 2.36. The average molecular weight is 225 g/mol. The molecule has 1 heterocycles. The molecule has 1 amide bonds. The van der Waals surface area contributed by atoms with Gasteiger partial charge in [0.15, 0.2) is 0 Å². The van der Waals surface area contributed by atoms with Gasteiger partial charge in [0, 0.05) is 12.2 Å². The zero-order chi connectivity index (χ0) is 12.1. The molecular weight excluding hydrogens is 210 g/mol. The number of carboxylic acid groups (broad SMARTS) is 1. The number of carbonyl (C=O) groups is 2. The molecule has 0 aliphatic carbocycles. The molecule has 0 saturated heterocycles. The van der Waals surface area contributed by atoms with Crippen LogP contribution in [0, 0.1) is 12.8 Å². The fourth-order valence-corrected chi connectivity index (χ4v) is 1.20. The van der Waals surface area contributed by atoms with E-state index in [-0.39, 0.29) is 5.91 Å². The largest absolute Gasteiger partial charge is 0.481 e. The van der Waals surface area contributed by atoms with Crippen molar-refractivity contribution < 1.29 is 14.7 Å². The third-order valence-electron chi connectivity index (χ3n) is 2.36. The van der Waals surface area contributed by atoms with Gasteiger partial charge in [0.25, 0.3) is 5.91 Å². The molecule has 0 bridgehead atoms.